The number of carbonyl (C=O) groups excluding carboxylic acids is 2. The molecule has 6 atom stereocenters. The van der Waals surface area contributed by atoms with Crippen LogP contribution in [0.4, 0.5) is 0 Å². The van der Waals surface area contributed by atoms with E-state index in [1.807, 2.05) is 6.92 Å². The highest BCUT2D eigenvalue weighted by Gasteiger charge is 2.36. The molecule has 126 valence electrons. The van der Waals surface area contributed by atoms with Crippen molar-refractivity contribution in [1.29, 1.82) is 0 Å². The highest BCUT2D eigenvalue weighted by Crippen LogP contribution is 2.26. The highest BCUT2D eigenvalue weighted by molar-refractivity contribution is 5.91. The van der Waals surface area contributed by atoms with Gasteiger partial charge in [0.2, 0.25) is 0 Å². The summed E-state index contributed by atoms with van der Waals surface area (Å²) in [5.74, 6) is -1.81. The fraction of sp³-hybridized carbons (Fsp3) is 0.765. The van der Waals surface area contributed by atoms with Crippen LogP contribution in [-0.2, 0) is 14.3 Å². The summed E-state index contributed by atoms with van der Waals surface area (Å²) in [5, 5.41) is 20.8. The van der Waals surface area contributed by atoms with Gasteiger partial charge < -0.3 is 14.9 Å². The minimum Gasteiger partial charge on any atom is -0.459 e. The quantitative estimate of drug-likeness (QED) is 0.722. The van der Waals surface area contributed by atoms with Gasteiger partial charge >= 0.3 is 5.97 Å². The van der Waals surface area contributed by atoms with Crippen LogP contribution in [-0.4, -0.2) is 39.8 Å². The summed E-state index contributed by atoms with van der Waals surface area (Å²) in [4.78, 5) is 24.3. The molecule has 22 heavy (non-hydrogen) atoms. The van der Waals surface area contributed by atoms with E-state index < -0.39 is 29.7 Å². The van der Waals surface area contributed by atoms with Crippen molar-refractivity contribution in [3.05, 3.63) is 12.2 Å². The third kappa shape index (κ3) is 4.40. The number of aliphatic hydroxyl groups is 2. The Hall–Kier alpha value is -1.20. The highest BCUT2D eigenvalue weighted by atomic mass is 16.6. The number of esters is 1. The molecule has 0 aromatic rings. The molecule has 1 heterocycles. The van der Waals surface area contributed by atoms with Crippen molar-refractivity contribution in [3.63, 3.8) is 0 Å². The molecule has 0 bridgehead atoms. The maximum Gasteiger partial charge on any atom is 0.311 e. The number of allylic oxidation sites excluding steroid dienone is 1. The fourth-order valence-electron chi connectivity index (χ4n) is 2.83. The van der Waals surface area contributed by atoms with Crippen LogP contribution in [0.15, 0.2) is 12.2 Å². The Kier molecular flexibility index (Phi) is 6.32. The number of aliphatic hydroxyl groups excluding tert-OH is 1. The van der Waals surface area contributed by atoms with E-state index >= 15 is 0 Å². The number of hydrogen-bond donors (Lipinski definition) is 2. The molecule has 0 aliphatic carbocycles. The molecular weight excluding hydrogens is 284 g/mol. The van der Waals surface area contributed by atoms with Gasteiger partial charge in [-0.15, -0.1) is 0 Å². The van der Waals surface area contributed by atoms with Gasteiger partial charge in [-0.25, -0.2) is 0 Å². The largest absolute Gasteiger partial charge is 0.459 e. The van der Waals surface area contributed by atoms with Gasteiger partial charge in [0.25, 0.3) is 0 Å². The molecule has 0 aromatic heterocycles. The summed E-state index contributed by atoms with van der Waals surface area (Å²) < 4.78 is 5.37. The number of cyclic esters (lactones) is 1. The van der Waals surface area contributed by atoms with Gasteiger partial charge in [-0.05, 0) is 44.8 Å². The number of hydrogen-bond acceptors (Lipinski definition) is 5. The van der Waals surface area contributed by atoms with Crippen LogP contribution in [0.2, 0.25) is 0 Å². The summed E-state index contributed by atoms with van der Waals surface area (Å²) in [6, 6.07) is 0. The normalized spacial score (nSPS) is 43.0. The zero-order valence-corrected chi connectivity index (χ0v) is 14.1. The summed E-state index contributed by atoms with van der Waals surface area (Å²) in [6.45, 7) is 8.52. The van der Waals surface area contributed by atoms with E-state index in [0.717, 1.165) is 0 Å². The zero-order valence-electron chi connectivity index (χ0n) is 14.1. The molecule has 0 saturated heterocycles. The van der Waals surface area contributed by atoms with Crippen molar-refractivity contribution < 1.29 is 24.5 Å². The Balaban J connectivity index is 3.16. The third-order valence-corrected chi connectivity index (χ3v) is 4.54. The lowest BCUT2D eigenvalue weighted by Crippen LogP contribution is -2.44. The molecule has 0 radical (unpaired) electrons. The first kappa shape index (κ1) is 18.8. The van der Waals surface area contributed by atoms with Gasteiger partial charge in [-0.2, -0.15) is 0 Å². The first-order valence-corrected chi connectivity index (χ1v) is 7.94. The molecule has 2 N–H and O–H groups in total. The van der Waals surface area contributed by atoms with Crippen molar-refractivity contribution in [2.45, 2.75) is 65.3 Å². The maximum atomic E-state index is 12.2. The van der Waals surface area contributed by atoms with Crippen LogP contribution in [0, 0.1) is 17.8 Å². The van der Waals surface area contributed by atoms with E-state index in [4.69, 9.17) is 4.74 Å². The summed E-state index contributed by atoms with van der Waals surface area (Å²) in [7, 11) is 0. The van der Waals surface area contributed by atoms with Crippen LogP contribution in [0.3, 0.4) is 0 Å². The first-order valence-electron chi connectivity index (χ1n) is 7.94. The van der Waals surface area contributed by atoms with Crippen LogP contribution < -0.4 is 0 Å². The molecule has 0 unspecified atom stereocenters. The summed E-state index contributed by atoms with van der Waals surface area (Å²) >= 11 is 0. The smallest absolute Gasteiger partial charge is 0.311 e. The predicted octanol–water partition coefficient (Wildman–Crippen LogP) is 1.86. The number of ketones is 1. The van der Waals surface area contributed by atoms with E-state index in [2.05, 4.69) is 0 Å². The molecule has 5 nitrogen and oxygen atoms in total. The minimum atomic E-state index is -1.42. The second-order valence-electron chi connectivity index (χ2n) is 6.69. The SMILES string of the molecule is CC[C@H]1OC(=O)[C@@H](C)[C@@H](O)[C@@H](C)C[C@H](C)C(=O)/C=C/[C@@]1(C)O. The van der Waals surface area contributed by atoms with Crippen molar-refractivity contribution in [1.82, 2.24) is 0 Å². The molecule has 1 aliphatic heterocycles. The molecule has 1 rings (SSSR count). The molecule has 0 aromatic carbocycles. The van der Waals surface area contributed by atoms with E-state index in [9.17, 15) is 19.8 Å². The third-order valence-electron chi connectivity index (χ3n) is 4.54. The van der Waals surface area contributed by atoms with Gasteiger partial charge in [0.1, 0.15) is 11.7 Å². The van der Waals surface area contributed by atoms with Crippen molar-refractivity contribution in [3.8, 4) is 0 Å². The van der Waals surface area contributed by atoms with E-state index in [-0.39, 0.29) is 17.6 Å². The van der Waals surface area contributed by atoms with Gasteiger partial charge in [-0.1, -0.05) is 20.8 Å². The molecule has 5 heteroatoms. The van der Waals surface area contributed by atoms with E-state index in [1.54, 1.807) is 20.8 Å². The zero-order chi connectivity index (χ0) is 17.1. The number of rotatable bonds is 1. The molecule has 0 spiro atoms. The lowest BCUT2D eigenvalue weighted by Gasteiger charge is -2.32. The maximum absolute atomic E-state index is 12.2. The number of carbonyl (C=O) groups is 2. The van der Waals surface area contributed by atoms with E-state index in [1.165, 1.54) is 19.1 Å². The first-order chi connectivity index (χ1) is 10.1. The van der Waals surface area contributed by atoms with Crippen molar-refractivity contribution >= 4 is 11.8 Å². The monoisotopic (exact) mass is 312 g/mol. The average molecular weight is 312 g/mol. The molecule has 0 saturated carbocycles. The van der Waals surface area contributed by atoms with Crippen LogP contribution in [0.1, 0.15) is 47.5 Å². The van der Waals surface area contributed by atoms with Gasteiger partial charge in [0.15, 0.2) is 5.78 Å². The lowest BCUT2D eigenvalue weighted by molar-refractivity contribution is -0.169. The van der Waals surface area contributed by atoms with Gasteiger partial charge in [0.05, 0.1) is 12.0 Å². The average Bonchev–Trinajstić information content (AvgIpc) is 2.47. The Labute approximate surface area is 132 Å². The minimum absolute atomic E-state index is 0.103. The summed E-state index contributed by atoms with van der Waals surface area (Å²) in [6.07, 6.45) is 2.00. The fourth-order valence-corrected chi connectivity index (χ4v) is 2.83. The second kappa shape index (κ2) is 7.38. The number of ether oxygens (including phenoxy) is 1. The molecular formula is C17H28O5. The summed E-state index contributed by atoms with van der Waals surface area (Å²) in [5.41, 5.74) is -1.42. The van der Waals surface area contributed by atoms with Crippen LogP contribution >= 0.6 is 0 Å². The topological polar surface area (TPSA) is 83.8 Å². The van der Waals surface area contributed by atoms with Crippen LogP contribution in [0.5, 0.6) is 0 Å². The molecule has 1 aliphatic rings. The Morgan fingerprint density at radius 1 is 1.32 bits per heavy atom. The molecule has 0 fully saturated rings. The second-order valence-corrected chi connectivity index (χ2v) is 6.69. The predicted molar refractivity (Wildman–Crippen MR) is 83.1 cm³/mol. The van der Waals surface area contributed by atoms with Crippen molar-refractivity contribution in [2.75, 3.05) is 0 Å². The van der Waals surface area contributed by atoms with Gasteiger partial charge in [0, 0.05) is 5.92 Å². The Morgan fingerprint density at radius 3 is 2.45 bits per heavy atom. The van der Waals surface area contributed by atoms with Crippen molar-refractivity contribution in [2.24, 2.45) is 17.8 Å². The Morgan fingerprint density at radius 2 is 1.91 bits per heavy atom. The van der Waals surface area contributed by atoms with Gasteiger partial charge in [-0.3, -0.25) is 9.59 Å². The Bertz CT molecular complexity index is 440. The standard InChI is InChI=1S/C17H28O5/c1-6-14-17(5,21)8-7-13(18)10(2)9-11(3)15(19)12(4)16(20)22-14/h7-8,10-12,14-15,19,21H,6,9H2,1-5H3/b8-7+/t10-,11-,12-,14+,15-,17+/m0/s1. The molecule has 0 amide bonds. The van der Waals surface area contributed by atoms with Crippen LogP contribution in [0.25, 0.3) is 0 Å². The lowest BCUT2D eigenvalue weighted by atomic mass is 9.84. The van der Waals surface area contributed by atoms with E-state index in [0.29, 0.717) is 12.8 Å².